The smallest absolute Gasteiger partial charge is 0.337 e. The van der Waals surface area contributed by atoms with Crippen LogP contribution in [-0.2, 0) is 0 Å². The maximum absolute atomic E-state index is 12.3. The zero-order chi connectivity index (χ0) is 16.3. The molecular weight excluding hydrogens is 288 g/mol. The number of hydrogen-bond acceptors (Lipinski definition) is 4. The van der Waals surface area contributed by atoms with Crippen molar-refractivity contribution >= 4 is 23.3 Å². The molecule has 22 heavy (non-hydrogen) atoms. The number of nitrogens with zero attached hydrogens (tertiary/aromatic N) is 1. The van der Waals surface area contributed by atoms with E-state index in [9.17, 15) is 19.7 Å². The molecule has 0 atom stereocenters. The van der Waals surface area contributed by atoms with Crippen molar-refractivity contribution in [2.24, 2.45) is 0 Å². The highest BCUT2D eigenvalue weighted by Gasteiger charge is 2.19. The Morgan fingerprint density at radius 3 is 2.36 bits per heavy atom. The molecule has 112 valence electrons. The number of nitro groups is 1. The van der Waals surface area contributed by atoms with E-state index in [1.54, 1.807) is 6.07 Å². The first kappa shape index (κ1) is 15.2. The van der Waals surface area contributed by atoms with Crippen LogP contribution in [0.2, 0.25) is 0 Å². The van der Waals surface area contributed by atoms with E-state index in [0.29, 0.717) is 0 Å². The summed E-state index contributed by atoms with van der Waals surface area (Å²) in [5.41, 5.74) is 0.246. The Labute approximate surface area is 125 Å². The van der Waals surface area contributed by atoms with E-state index in [4.69, 9.17) is 5.11 Å². The number of benzene rings is 2. The average Bonchev–Trinajstić information content (AvgIpc) is 2.47. The van der Waals surface area contributed by atoms with E-state index in [1.165, 1.54) is 43.3 Å². The van der Waals surface area contributed by atoms with Crippen LogP contribution in [0.5, 0.6) is 0 Å². The second-order valence-corrected chi connectivity index (χ2v) is 4.51. The number of carboxylic acids is 1. The molecule has 0 bridgehead atoms. The lowest BCUT2D eigenvalue weighted by molar-refractivity contribution is -0.385. The zero-order valence-electron chi connectivity index (χ0n) is 11.6. The average molecular weight is 300 g/mol. The first-order chi connectivity index (χ1) is 10.4. The predicted octanol–water partition coefficient (Wildman–Crippen LogP) is 2.85. The number of carbonyl (C=O) groups is 2. The molecule has 1 amide bonds. The van der Waals surface area contributed by atoms with E-state index in [2.05, 4.69) is 5.32 Å². The number of anilines is 1. The molecule has 0 saturated heterocycles. The number of nitro benzene ring substituents is 1. The molecular formula is C15H12N2O5. The second kappa shape index (κ2) is 6.04. The molecule has 0 saturated carbocycles. The minimum absolute atomic E-state index is 0.0565. The molecule has 0 unspecified atom stereocenters. The fourth-order valence-electron chi connectivity index (χ4n) is 2.04. The number of amides is 1. The highest BCUT2D eigenvalue weighted by atomic mass is 16.6. The molecule has 2 aromatic rings. The van der Waals surface area contributed by atoms with Gasteiger partial charge in [0.15, 0.2) is 0 Å². The molecule has 0 spiro atoms. The molecule has 7 nitrogen and oxygen atoms in total. The third-order valence-electron chi connectivity index (χ3n) is 3.15. The highest BCUT2D eigenvalue weighted by molar-refractivity contribution is 6.08. The van der Waals surface area contributed by atoms with Gasteiger partial charge in [-0.15, -0.1) is 0 Å². The van der Waals surface area contributed by atoms with Crippen LogP contribution >= 0.6 is 0 Å². The lowest BCUT2D eigenvalue weighted by Gasteiger charge is -2.10. The van der Waals surface area contributed by atoms with Crippen LogP contribution in [0.4, 0.5) is 11.4 Å². The first-order valence-electron chi connectivity index (χ1n) is 6.29. The van der Waals surface area contributed by atoms with Gasteiger partial charge in [0, 0.05) is 17.2 Å². The number of carboxylic acid groups (broad SMARTS) is 1. The Bertz CT molecular complexity index is 770. The van der Waals surface area contributed by atoms with Gasteiger partial charge in [0.2, 0.25) is 0 Å². The molecule has 2 aromatic carbocycles. The number of nitrogens with one attached hydrogen (secondary N) is 1. The fourth-order valence-corrected chi connectivity index (χ4v) is 2.04. The molecule has 0 aromatic heterocycles. The summed E-state index contributed by atoms with van der Waals surface area (Å²) in [6.07, 6.45) is 0. The summed E-state index contributed by atoms with van der Waals surface area (Å²) in [4.78, 5) is 33.7. The Morgan fingerprint density at radius 1 is 1.09 bits per heavy atom. The monoisotopic (exact) mass is 300 g/mol. The summed E-state index contributed by atoms with van der Waals surface area (Å²) in [6, 6.07) is 10.1. The van der Waals surface area contributed by atoms with Gasteiger partial charge in [-0.1, -0.05) is 18.2 Å². The van der Waals surface area contributed by atoms with Gasteiger partial charge < -0.3 is 10.4 Å². The van der Waals surface area contributed by atoms with Crippen LogP contribution in [0.15, 0.2) is 42.5 Å². The topological polar surface area (TPSA) is 110 Å². The lowest BCUT2D eigenvalue weighted by Crippen LogP contribution is -2.16. The predicted molar refractivity (Wildman–Crippen MR) is 79.2 cm³/mol. The number of hydrogen-bond donors (Lipinski definition) is 2. The molecule has 0 aliphatic heterocycles. The van der Waals surface area contributed by atoms with Crippen LogP contribution in [0.3, 0.4) is 0 Å². The Kier molecular flexibility index (Phi) is 4.17. The van der Waals surface area contributed by atoms with Gasteiger partial charge in [-0.3, -0.25) is 14.9 Å². The van der Waals surface area contributed by atoms with Crippen molar-refractivity contribution in [1.29, 1.82) is 0 Å². The summed E-state index contributed by atoms with van der Waals surface area (Å²) in [5.74, 6) is -1.78. The van der Waals surface area contributed by atoms with Crippen molar-refractivity contribution in [3.05, 3.63) is 69.3 Å². The normalized spacial score (nSPS) is 10.0. The van der Waals surface area contributed by atoms with Crippen molar-refractivity contribution in [1.82, 2.24) is 0 Å². The Morgan fingerprint density at radius 2 is 1.73 bits per heavy atom. The molecule has 0 aliphatic carbocycles. The molecule has 0 aliphatic rings. The van der Waals surface area contributed by atoms with Gasteiger partial charge in [0.25, 0.3) is 11.6 Å². The highest BCUT2D eigenvalue weighted by Crippen LogP contribution is 2.23. The van der Waals surface area contributed by atoms with Crippen molar-refractivity contribution in [2.75, 3.05) is 5.32 Å². The van der Waals surface area contributed by atoms with Crippen LogP contribution in [0.1, 0.15) is 26.3 Å². The second-order valence-electron chi connectivity index (χ2n) is 4.51. The number of carbonyl (C=O) groups excluding carboxylic acids is 1. The standard InChI is InChI=1S/C15H12N2O5/c1-9-10(6-4-8-13(9)17(21)22)14(18)16-12-7-3-2-5-11(12)15(19)20/h2-8H,1H3,(H,16,18)(H,19,20). The molecule has 2 N–H and O–H groups in total. The van der Waals surface area contributed by atoms with Crippen LogP contribution in [0, 0.1) is 17.0 Å². The number of rotatable bonds is 4. The van der Waals surface area contributed by atoms with Crippen LogP contribution in [-0.4, -0.2) is 21.9 Å². The van der Waals surface area contributed by atoms with E-state index < -0.39 is 16.8 Å². The largest absolute Gasteiger partial charge is 0.478 e. The number of para-hydroxylation sites is 1. The minimum atomic E-state index is -1.17. The van der Waals surface area contributed by atoms with Gasteiger partial charge in [-0.2, -0.15) is 0 Å². The quantitative estimate of drug-likeness (QED) is 0.666. The van der Waals surface area contributed by atoms with Crippen molar-refractivity contribution in [2.45, 2.75) is 6.92 Å². The molecule has 0 heterocycles. The van der Waals surface area contributed by atoms with Crippen molar-refractivity contribution < 1.29 is 19.6 Å². The van der Waals surface area contributed by atoms with Crippen molar-refractivity contribution in [3.8, 4) is 0 Å². The zero-order valence-corrected chi connectivity index (χ0v) is 11.6. The minimum Gasteiger partial charge on any atom is -0.478 e. The van der Waals surface area contributed by atoms with E-state index in [0.717, 1.165) is 0 Å². The van der Waals surface area contributed by atoms with Gasteiger partial charge in [-0.25, -0.2) is 4.79 Å². The maximum Gasteiger partial charge on any atom is 0.337 e. The van der Waals surface area contributed by atoms with Crippen LogP contribution in [0.25, 0.3) is 0 Å². The summed E-state index contributed by atoms with van der Waals surface area (Å²) >= 11 is 0. The Balaban J connectivity index is 2.37. The lowest BCUT2D eigenvalue weighted by atomic mass is 10.1. The van der Waals surface area contributed by atoms with Gasteiger partial charge in [0.05, 0.1) is 16.2 Å². The molecule has 2 rings (SSSR count). The van der Waals surface area contributed by atoms with Gasteiger partial charge in [-0.05, 0) is 25.1 Å². The van der Waals surface area contributed by atoms with E-state index in [-0.39, 0.29) is 28.1 Å². The van der Waals surface area contributed by atoms with Gasteiger partial charge in [0.1, 0.15) is 0 Å². The molecule has 7 heteroatoms. The van der Waals surface area contributed by atoms with Crippen molar-refractivity contribution in [3.63, 3.8) is 0 Å². The fraction of sp³-hybridized carbons (Fsp3) is 0.0667. The van der Waals surface area contributed by atoms with Crippen LogP contribution < -0.4 is 5.32 Å². The third-order valence-corrected chi connectivity index (χ3v) is 3.15. The summed E-state index contributed by atoms with van der Waals surface area (Å²) in [7, 11) is 0. The van der Waals surface area contributed by atoms with Gasteiger partial charge >= 0.3 is 5.97 Å². The molecule has 0 fully saturated rings. The maximum atomic E-state index is 12.3. The number of aromatic carboxylic acids is 1. The first-order valence-corrected chi connectivity index (χ1v) is 6.29. The SMILES string of the molecule is Cc1c(C(=O)Nc2ccccc2C(=O)O)cccc1[N+](=O)[O-]. The Hall–Kier alpha value is -3.22. The summed E-state index contributed by atoms with van der Waals surface area (Å²) in [5, 5.41) is 22.4. The van der Waals surface area contributed by atoms with E-state index in [1.807, 2.05) is 0 Å². The summed E-state index contributed by atoms with van der Waals surface area (Å²) < 4.78 is 0. The molecule has 0 radical (unpaired) electrons. The van der Waals surface area contributed by atoms with E-state index >= 15 is 0 Å². The summed E-state index contributed by atoms with van der Waals surface area (Å²) in [6.45, 7) is 1.47. The third kappa shape index (κ3) is 2.93.